The van der Waals surface area contributed by atoms with Crippen LogP contribution in [0, 0.1) is 0 Å². The quantitative estimate of drug-likeness (QED) is 0.121. The summed E-state index contributed by atoms with van der Waals surface area (Å²) in [5.41, 5.74) is 0. The Kier molecular flexibility index (Phi) is 14.1. The van der Waals surface area contributed by atoms with Crippen LogP contribution in [0.1, 0.15) is 85.0 Å². The monoisotopic (exact) mass is 532 g/mol. The number of unbranched alkanes of at least 4 members (excludes halogenated alkanes) is 3. The second-order valence-corrected chi connectivity index (χ2v) is 23.4. The summed E-state index contributed by atoms with van der Waals surface area (Å²) < 4.78 is 29.5. The van der Waals surface area contributed by atoms with Gasteiger partial charge in [0.1, 0.15) is 0 Å². The third-order valence-corrected chi connectivity index (χ3v) is 22.0. The molecule has 0 aromatic carbocycles. The van der Waals surface area contributed by atoms with E-state index in [9.17, 15) is 0 Å². The topological polar surface area (TPSA) is 36.9 Å². The number of allylic oxidation sites excluding steroid dienone is 1. The van der Waals surface area contributed by atoms with Crippen LogP contribution in [0.5, 0.6) is 0 Å². The van der Waals surface area contributed by atoms with Gasteiger partial charge in [0, 0.05) is 6.61 Å². The van der Waals surface area contributed by atoms with E-state index in [2.05, 4.69) is 26.8 Å². The zero-order valence-corrected chi connectivity index (χ0v) is 22.9. The van der Waals surface area contributed by atoms with E-state index in [1.54, 1.807) is 13.3 Å². The van der Waals surface area contributed by atoms with Crippen molar-refractivity contribution in [2.24, 2.45) is 0 Å². The Morgan fingerprint density at radius 2 is 1.60 bits per heavy atom. The first-order chi connectivity index (χ1) is 14.7. The predicted octanol–water partition coefficient (Wildman–Crippen LogP) is 7.07. The first kappa shape index (κ1) is 26.5. The fourth-order valence-electron chi connectivity index (χ4n) is 4.82. The molecule has 2 fully saturated rings. The van der Waals surface area contributed by atoms with Crippen molar-refractivity contribution in [3.8, 4) is 0 Å². The average Bonchev–Trinajstić information content (AvgIpc) is 2.79. The Hall–Kier alpha value is 0.219. The van der Waals surface area contributed by atoms with Crippen molar-refractivity contribution in [3.63, 3.8) is 0 Å². The number of fused-ring (bicyclic) bond motifs is 1. The van der Waals surface area contributed by atoms with Gasteiger partial charge in [-0.2, -0.15) is 0 Å². The van der Waals surface area contributed by atoms with Crippen LogP contribution in [0.25, 0.3) is 0 Å². The van der Waals surface area contributed by atoms with E-state index in [-0.39, 0.29) is 18.5 Å². The standard InChI is InChI=1S/C13H21O4.3C4H9.Sn/c1-2-7-14-8-4-6-13-16-10-12-11(17-13)5-3-9-15-12;3*1-3-4-2;/h2,7,11-13H,1,3-6,8-10H2;3*1,3-4H2,2H3;/b7-2-;;;;/t11-,12+,13?;;;;/m0..../s1. The SMILES string of the molecule is CCC[CH2][Sn]([CH2]/C=C\OCCCC1OC[C@H]2OCCC[C@@H]2O1)([CH2]CCC)[CH2]CCC. The molecule has 0 aromatic rings. The molecule has 4 nitrogen and oxygen atoms in total. The minimum absolute atomic E-state index is 0.0819. The number of rotatable bonds is 16. The summed E-state index contributed by atoms with van der Waals surface area (Å²) >= 11 is -2.04. The van der Waals surface area contributed by atoms with Crippen LogP contribution >= 0.6 is 0 Å². The molecule has 2 saturated heterocycles. The molecule has 2 aliphatic heterocycles. The maximum atomic E-state index is 6.06. The van der Waals surface area contributed by atoms with Crippen molar-refractivity contribution in [1.82, 2.24) is 0 Å². The summed E-state index contributed by atoms with van der Waals surface area (Å²) in [6.07, 6.45) is 17.1. The van der Waals surface area contributed by atoms with Crippen LogP contribution in [0.2, 0.25) is 17.7 Å². The van der Waals surface area contributed by atoms with E-state index < -0.39 is 18.4 Å². The van der Waals surface area contributed by atoms with Crippen molar-refractivity contribution in [3.05, 3.63) is 12.3 Å². The van der Waals surface area contributed by atoms with Gasteiger partial charge >= 0.3 is 184 Å². The van der Waals surface area contributed by atoms with E-state index in [0.717, 1.165) is 38.9 Å². The molecular formula is C25H48O4Sn. The third-order valence-electron chi connectivity index (χ3n) is 6.78. The number of hydrogen-bond acceptors (Lipinski definition) is 4. The van der Waals surface area contributed by atoms with Gasteiger partial charge in [-0.25, -0.2) is 0 Å². The molecule has 2 aliphatic rings. The molecule has 0 aromatic heterocycles. The molecule has 1 unspecified atom stereocenters. The summed E-state index contributed by atoms with van der Waals surface area (Å²) in [7, 11) is 0. The van der Waals surface area contributed by atoms with Gasteiger partial charge in [-0.15, -0.1) is 0 Å². The summed E-state index contributed by atoms with van der Waals surface area (Å²) in [5, 5.41) is 0. The molecule has 0 saturated carbocycles. The summed E-state index contributed by atoms with van der Waals surface area (Å²) in [4.78, 5) is 0. The van der Waals surface area contributed by atoms with Gasteiger partial charge in [0.05, 0.1) is 0 Å². The van der Waals surface area contributed by atoms with E-state index in [1.807, 2.05) is 6.26 Å². The molecule has 3 atom stereocenters. The van der Waals surface area contributed by atoms with Crippen molar-refractivity contribution >= 4 is 18.4 Å². The Morgan fingerprint density at radius 1 is 0.900 bits per heavy atom. The molecule has 30 heavy (non-hydrogen) atoms. The Labute approximate surface area is 190 Å². The molecule has 0 N–H and O–H groups in total. The Balaban J connectivity index is 1.66. The molecule has 2 heterocycles. The molecule has 176 valence electrons. The first-order valence-electron chi connectivity index (χ1n) is 12.9. The Morgan fingerprint density at radius 3 is 2.27 bits per heavy atom. The van der Waals surface area contributed by atoms with E-state index >= 15 is 0 Å². The zero-order chi connectivity index (χ0) is 21.5. The van der Waals surface area contributed by atoms with Crippen LogP contribution in [0.3, 0.4) is 0 Å². The average molecular weight is 531 g/mol. The van der Waals surface area contributed by atoms with Crippen LogP contribution in [0.4, 0.5) is 0 Å². The van der Waals surface area contributed by atoms with Crippen molar-refractivity contribution in [2.75, 3.05) is 19.8 Å². The minimum atomic E-state index is -2.04. The van der Waals surface area contributed by atoms with E-state index in [4.69, 9.17) is 18.9 Å². The summed E-state index contributed by atoms with van der Waals surface area (Å²) in [5.74, 6) is 0. The van der Waals surface area contributed by atoms with Crippen molar-refractivity contribution in [1.29, 1.82) is 0 Å². The molecule has 0 radical (unpaired) electrons. The van der Waals surface area contributed by atoms with Crippen LogP contribution in [-0.2, 0) is 18.9 Å². The summed E-state index contributed by atoms with van der Waals surface area (Å²) in [6, 6.07) is 0. The Bertz CT molecular complexity index is 435. The third kappa shape index (κ3) is 9.79. The van der Waals surface area contributed by atoms with Gasteiger partial charge in [0.15, 0.2) is 0 Å². The first-order valence-corrected chi connectivity index (χ1v) is 21.0. The zero-order valence-electron chi connectivity index (χ0n) is 20.0. The van der Waals surface area contributed by atoms with Crippen molar-refractivity contribution in [2.45, 2.75) is 121 Å². The fraction of sp³-hybridized carbons (Fsp3) is 0.920. The predicted molar refractivity (Wildman–Crippen MR) is 128 cm³/mol. The van der Waals surface area contributed by atoms with Gasteiger partial charge in [0.2, 0.25) is 0 Å². The molecule has 2 rings (SSSR count). The number of hydrogen-bond donors (Lipinski definition) is 0. The van der Waals surface area contributed by atoms with Gasteiger partial charge in [-0.05, 0) is 0 Å². The van der Waals surface area contributed by atoms with Crippen LogP contribution in [-0.4, -0.2) is 56.7 Å². The molecular weight excluding hydrogens is 483 g/mol. The molecule has 5 heteroatoms. The second-order valence-electron chi connectivity index (χ2n) is 9.39. The number of ether oxygens (including phenoxy) is 4. The molecule has 0 spiro atoms. The van der Waals surface area contributed by atoms with Gasteiger partial charge in [-0.1, -0.05) is 0 Å². The van der Waals surface area contributed by atoms with Gasteiger partial charge in [-0.3, -0.25) is 0 Å². The van der Waals surface area contributed by atoms with Gasteiger partial charge in [0.25, 0.3) is 0 Å². The second kappa shape index (κ2) is 15.9. The summed E-state index contributed by atoms with van der Waals surface area (Å²) in [6.45, 7) is 9.31. The van der Waals surface area contributed by atoms with Gasteiger partial charge < -0.3 is 0 Å². The maximum absolute atomic E-state index is 6.06. The fourth-order valence-corrected chi connectivity index (χ4v) is 19.9. The molecule has 0 bridgehead atoms. The van der Waals surface area contributed by atoms with Crippen LogP contribution in [0.15, 0.2) is 12.3 Å². The normalized spacial score (nSPS) is 24.8. The molecule has 0 aliphatic carbocycles. The molecule has 0 amide bonds. The van der Waals surface area contributed by atoms with E-state index in [0.29, 0.717) is 6.61 Å². The van der Waals surface area contributed by atoms with Crippen molar-refractivity contribution < 1.29 is 18.9 Å². The van der Waals surface area contributed by atoms with E-state index in [1.165, 1.54) is 43.0 Å². The van der Waals surface area contributed by atoms with Crippen LogP contribution < -0.4 is 0 Å².